The Bertz CT molecular complexity index is 354. The monoisotopic (exact) mass is 263 g/mol. The fraction of sp³-hybridized carbons (Fsp3) is 0.917. The third-order valence-corrected chi connectivity index (χ3v) is 3.58. The smallest absolute Gasteiger partial charge is 0.411 e. The number of carbonyl (C=O) groups is 1. The topological polar surface area (TPSA) is 49.8 Å². The molecule has 3 atom stereocenters. The largest absolute Gasteiger partial charge is 0.444 e. The molecule has 2 aliphatic rings. The number of piperidine rings is 1. The highest BCUT2D eigenvalue weighted by Crippen LogP contribution is 2.51. The summed E-state index contributed by atoms with van der Waals surface area (Å²) < 4.78 is 32.5. The van der Waals surface area contributed by atoms with E-state index in [1.807, 2.05) is 0 Å². The first kappa shape index (κ1) is 13.5. The number of amides is 1. The zero-order valence-corrected chi connectivity index (χ0v) is 10.8. The number of ether oxygens (including phenoxy) is 1. The molecule has 2 fully saturated rings. The lowest BCUT2D eigenvalue weighted by molar-refractivity contribution is -0.100. The number of fused-ring (bicyclic) bond motifs is 2. The number of carbonyl (C=O) groups excluding carboxylic acids is 1. The molecule has 1 aliphatic carbocycles. The Morgan fingerprint density at radius 3 is 2.61 bits per heavy atom. The van der Waals surface area contributed by atoms with E-state index in [0.29, 0.717) is 0 Å². The molecule has 1 amide bonds. The summed E-state index contributed by atoms with van der Waals surface area (Å²) in [5, 5.41) is 9.28. The van der Waals surface area contributed by atoms with E-state index >= 15 is 0 Å². The first-order valence-electron chi connectivity index (χ1n) is 6.16. The lowest BCUT2D eigenvalue weighted by atomic mass is 9.98. The highest BCUT2D eigenvalue weighted by molar-refractivity contribution is 5.70. The molecule has 0 aromatic rings. The molecular formula is C12H19F2NO3. The highest BCUT2D eigenvalue weighted by Gasteiger charge is 2.62. The van der Waals surface area contributed by atoms with E-state index in [2.05, 4.69) is 0 Å². The quantitative estimate of drug-likeness (QED) is 0.787. The van der Waals surface area contributed by atoms with Crippen molar-refractivity contribution in [3.63, 3.8) is 0 Å². The maximum Gasteiger partial charge on any atom is 0.411 e. The van der Waals surface area contributed by atoms with Crippen molar-refractivity contribution in [2.75, 3.05) is 6.61 Å². The van der Waals surface area contributed by atoms with Crippen LogP contribution in [-0.2, 0) is 4.74 Å². The average Bonchev–Trinajstić information content (AvgIpc) is 2.66. The maximum atomic E-state index is 13.7. The van der Waals surface area contributed by atoms with Gasteiger partial charge in [-0.2, -0.15) is 0 Å². The van der Waals surface area contributed by atoms with Crippen LogP contribution in [0.25, 0.3) is 0 Å². The molecule has 1 saturated heterocycles. The normalized spacial score (nSPS) is 33.9. The van der Waals surface area contributed by atoms with Gasteiger partial charge in [0.1, 0.15) is 5.60 Å². The first-order valence-corrected chi connectivity index (χ1v) is 6.16. The molecule has 2 bridgehead atoms. The van der Waals surface area contributed by atoms with Crippen molar-refractivity contribution in [2.45, 2.75) is 57.2 Å². The second kappa shape index (κ2) is 4.05. The number of aliphatic hydroxyl groups is 1. The van der Waals surface area contributed by atoms with Crippen molar-refractivity contribution in [3.05, 3.63) is 0 Å². The SMILES string of the molecule is CC(C)(C)OC(=O)N1[C@H](CO)[C@H]2C[C@@H]1C(F)(F)C2. The van der Waals surface area contributed by atoms with Crippen LogP contribution in [0.5, 0.6) is 0 Å². The molecule has 0 unspecified atom stereocenters. The molecule has 6 heteroatoms. The van der Waals surface area contributed by atoms with Crippen LogP contribution in [0.4, 0.5) is 13.6 Å². The Morgan fingerprint density at radius 1 is 1.50 bits per heavy atom. The summed E-state index contributed by atoms with van der Waals surface area (Å²) in [6, 6.07) is -1.67. The minimum atomic E-state index is -2.87. The third-order valence-electron chi connectivity index (χ3n) is 3.58. The van der Waals surface area contributed by atoms with Crippen molar-refractivity contribution < 1.29 is 23.4 Å². The molecule has 0 aromatic heterocycles. The summed E-state index contributed by atoms with van der Waals surface area (Å²) >= 11 is 0. The Kier molecular flexibility index (Phi) is 3.04. The van der Waals surface area contributed by atoms with Gasteiger partial charge >= 0.3 is 6.09 Å². The fourth-order valence-electron chi connectivity index (χ4n) is 2.91. The molecule has 1 N–H and O–H groups in total. The molecule has 0 radical (unpaired) electrons. The standard InChI is InChI=1S/C12H19F2NO3/c1-11(2,3)18-10(17)15-8(6-16)7-4-9(15)12(13,14)5-7/h7-9,16H,4-6H2,1-3H3/t7-,8+,9+/m0/s1. The van der Waals surface area contributed by atoms with E-state index < -0.39 is 29.7 Å². The molecule has 0 aromatic carbocycles. The second-order valence-electron chi connectivity index (χ2n) is 6.11. The third kappa shape index (κ3) is 2.18. The summed E-state index contributed by atoms with van der Waals surface area (Å²) in [7, 11) is 0. The van der Waals surface area contributed by atoms with Crippen molar-refractivity contribution in [1.82, 2.24) is 4.90 Å². The number of hydrogen-bond donors (Lipinski definition) is 1. The molecule has 4 nitrogen and oxygen atoms in total. The Hall–Kier alpha value is -0.910. The van der Waals surface area contributed by atoms with Crippen LogP contribution in [0, 0.1) is 5.92 Å². The van der Waals surface area contributed by atoms with E-state index in [-0.39, 0.29) is 25.4 Å². The molecule has 18 heavy (non-hydrogen) atoms. The Labute approximate surface area is 105 Å². The van der Waals surface area contributed by atoms with Gasteiger partial charge in [-0.3, -0.25) is 4.90 Å². The number of alkyl halides is 2. The minimum absolute atomic E-state index is 0.247. The Morgan fingerprint density at radius 2 is 2.11 bits per heavy atom. The van der Waals surface area contributed by atoms with E-state index in [1.54, 1.807) is 20.8 Å². The van der Waals surface area contributed by atoms with Gasteiger partial charge in [0, 0.05) is 6.42 Å². The van der Waals surface area contributed by atoms with Gasteiger partial charge in [0.15, 0.2) is 0 Å². The van der Waals surface area contributed by atoms with Crippen LogP contribution in [0.2, 0.25) is 0 Å². The van der Waals surface area contributed by atoms with Gasteiger partial charge in [-0.15, -0.1) is 0 Å². The van der Waals surface area contributed by atoms with Crippen LogP contribution in [0.15, 0.2) is 0 Å². The van der Waals surface area contributed by atoms with Crippen molar-refractivity contribution >= 4 is 6.09 Å². The van der Waals surface area contributed by atoms with E-state index in [9.17, 15) is 18.7 Å². The predicted octanol–water partition coefficient (Wildman–Crippen LogP) is 2.01. The zero-order valence-electron chi connectivity index (χ0n) is 10.8. The molecular weight excluding hydrogens is 244 g/mol. The van der Waals surface area contributed by atoms with Gasteiger partial charge in [0.2, 0.25) is 0 Å². The van der Waals surface area contributed by atoms with Crippen molar-refractivity contribution in [3.8, 4) is 0 Å². The lowest BCUT2D eigenvalue weighted by Gasteiger charge is -2.38. The number of rotatable bonds is 1. The molecule has 0 spiro atoms. The van der Waals surface area contributed by atoms with Crippen molar-refractivity contribution in [2.24, 2.45) is 5.92 Å². The van der Waals surface area contributed by atoms with Crippen LogP contribution in [0.3, 0.4) is 0 Å². The molecule has 1 saturated carbocycles. The minimum Gasteiger partial charge on any atom is -0.444 e. The van der Waals surface area contributed by atoms with Crippen molar-refractivity contribution in [1.29, 1.82) is 0 Å². The summed E-state index contributed by atoms with van der Waals surface area (Å²) in [6.45, 7) is 4.76. The number of nitrogens with zero attached hydrogens (tertiary/aromatic N) is 1. The molecule has 2 rings (SSSR count). The molecule has 104 valence electrons. The van der Waals surface area contributed by atoms with Crippen LogP contribution in [-0.4, -0.2) is 46.3 Å². The zero-order chi connectivity index (χ0) is 13.7. The average molecular weight is 263 g/mol. The van der Waals surface area contributed by atoms with Gasteiger partial charge in [-0.25, -0.2) is 13.6 Å². The number of halogens is 2. The van der Waals surface area contributed by atoms with Gasteiger partial charge in [-0.1, -0.05) is 0 Å². The summed E-state index contributed by atoms with van der Waals surface area (Å²) in [6.07, 6.45) is -0.756. The van der Waals surface area contributed by atoms with Crippen LogP contribution < -0.4 is 0 Å². The molecule has 1 heterocycles. The summed E-state index contributed by atoms with van der Waals surface area (Å²) in [5.41, 5.74) is -0.728. The first-order chi connectivity index (χ1) is 8.15. The molecule has 1 aliphatic heterocycles. The second-order valence-corrected chi connectivity index (χ2v) is 6.11. The number of aliphatic hydroxyl groups excluding tert-OH is 1. The van der Waals surface area contributed by atoms with Gasteiger partial charge in [-0.05, 0) is 33.1 Å². The van der Waals surface area contributed by atoms with E-state index in [1.165, 1.54) is 0 Å². The number of hydrogen-bond acceptors (Lipinski definition) is 3. The summed E-state index contributed by atoms with van der Waals surface area (Å²) in [5.74, 6) is -3.20. The van der Waals surface area contributed by atoms with Crippen LogP contribution >= 0.6 is 0 Å². The van der Waals surface area contributed by atoms with Crippen LogP contribution in [0.1, 0.15) is 33.6 Å². The van der Waals surface area contributed by atoms with Gasteiger partial charge < -0.3 is 9.84 Å². The summed E-state index contributed by atoms with van der Waals surface area (Å²) in [4.78, 5) is 13.0. The maximum absolute atomic E-state index is 13.7. The fourth-order valence-corrected chi connectivity index (χ4v) is 2.91. The van der Waals surface area contributed by atoms with Gasteiger partial charge in [0.05, 0.1) is 18.7 Å². The predicted molar refractivity (Wildman–Crippen MR) is 60.4 cm³/mol. The Balaban J connectivity index is 2.18. The highest BCUT2D eigenvalue weighted by atomic mass is 19.3. The van der Waals surface area contributed by atoms with E-state index in [0.717, 1.165) is 4.90 Å². The lowest BCUT2D eigenvalue weighted by Crippen LogP contribution is -2.55. The van der Waals surface area contributed by atoms with Gasteiger partial charge in [0.25, 0.3) is 5.92 Å². The van der Waals surface area contributed by atoms with E-state index in [4.69, 9.17) is 4.74 Å². The number of likely N-dealkylation sites (tertiary alicyclic amines) is 1.